The summed E-state index contributed by atoms with van der Waals surface area (Å²) in [6.45, 7) is 2.11. The van der Waals surface area contributed by atoms with Crippen LogP contribution in [0.4, 0.5) is 5.69 Å². The van der Waals surface area contributed by atoms with Crippen molar-refractivity contribution in [2.45, 2.75) is 50.3 Å². The molecule has 0 heterocycles. The summed E-state index contributed by atoms with van der Waals surface area (Å²) in [5.41, 5.74) is 3.96. The maximum Gasteiger partial charge on any atom is 0.306 e. The Kier molecular flexibility index (Phi) is 8.66. The van der Waals surface area contributed by atoms with Gasteiger partial charge in [0.15, 0.2) is 0 Å². The van der Waals surface area contributed by atoms with E-state index in [4.69, 9.17) is 0 Å². The molecule has 0 fully saturated rings. The molecule has 3 aromatic rings. The van der Waals surface area contributed by atoms with E-state index in [0.29, 0.717) is 24.9 Å². The van der Waals surface area contributed by atoms with Crippen LogP contribution in [0.25, 0.3) is 0 Å². The first-order chi connectivity index (χ1) is 15.9. The normalized spacial score (nSPS) is 12.3. The van der Waals surface area contributed by atoms with Crippen LogP contribution in [0.15, 0.2) is 83.8 Å². The number of aryl methyl sites for hydroxylation is 3. The topological polar surface area (TPSA) is 83.5 Å². The quantitative estimate of drug-likeness (QED) is 0.359. The second-order valence-corrected chi connectivity index (χ2v) is 9.93. The van der Waals surface area contributed by atoms with Crippen molar-refractivity contribution in [3.63, 3.8) is 0 Å². The van der Waals surface area contributed by atoms with Crippen LogP contribution in [0.2, 0.25) is 0 Å². The van der Waals surface area contributed by atoms with Crippen molar-refractivity contribution in [3.05, 3.63) is 95.6 Å². The second kappa shape index (κ2) is 11.7. The van der Waals surface area contributed by atoms with Crippen LogP contribution in [-0.2, 0) is 34.1 Å². The molecule has 33 heavy (non-hydrogen) atoms. The van der Waals surface area contributed by atoms with E-state index in [1.54, 1.807) is 48.5 Å². The zero-order valence-electron chi connectivity index (χ0n) is 18.9. The van der Waals surface area contributed by atoms with Gasteiger partial charge in [-0.2, -0.15) is 0 Å². The number of rotatable bonds is 12. The smallest absolute Gasteiger partial charge is 0.306 e. The Morgan fingerprint density at radius 3 is 2.00 bits per heavy atom. The maximum atomic E-state index is 12.5. The molecule has 3 rings (SSSR count). The predicted molar refractivity (Wildman–Crippen MR) is 132 cm³/mol. The van der Waals surface area contributed by atoms with Crippen LogP contribution in [0.1, 0.15) is 42.9 Å². The van der Waals surface area contributed by atoms with Crippen molar-refractivity contribution in [2.75, 3.05) is 4.72 Å². The lowest BCUT2D eigenvalue weighted by atomic mass is 9.93. The van der Waals surface area contributed by atoms with E-state index in [1.165, 1.54) is 11.1 Å². The van der Waals surface area contributed by atoms with Gasteiger partial charge in [-0.25, -0.2) is 8.42 Å². The SMILES string of the molecule is CCc1ccc(CCC(CCCc2ccc(S(=O)(=O)Nc3ccccc3)cc2)C(=O)O)cc1. The number of hydrogen-bond donors (Lipinski definition) is 2. The zero-order valence-corrected chi connectivity index (χ0v) is 19.7. The van der Waals surface area contributed by atoms with Crippen molar-refractivity contribution in [2.24, 2.45) is 5.92 Å². The van der Waals surface area contributed by atoms with E-state index in [-0.39, 0.29) is 10.8 Å². The molecule has 5 nitrogen and oxygen atoms in total. The minimum atomic E-state index is -3.64. The number of benzene rings is 3. The molecule has 0 bridgehead atoms. The van der Waals surface area contributed by atoms with Gasteiger partial charge in [0.05, 0.1) is 10.8 Å². The molecular formula is C27H31NO4S. The van der Waals surface area contributed by atoms with Gasteiger partial charge in [-0.1, -0.05) is 61.5 Å². The van der Waals surface area contributed by atoms with Crippen LogP contribution < -0.4 is 4.72 Å². The Labute approximate surface area is 196 Å². The fourth-order valence-electron chi connectivity index (χ4n) is 3.78. The third-order valence-corrected chi connectivity index (χ3v) is 7.24. The largest absolute Gasteiger partial charge is 0.481 e. The van der Waals surface area contributed by atoms with Crippen molar-refractivity contribution in [1.82, 2.24) is 0 Å². The highest BCUT2D eigenvalue weighted by Crippen LogP contribution is 2.20. The number of carbonyl (C=O) groups is 1. The maximum absolute atomic E-state index is 12.5. The predicted octanol–water partition coefficient (Wildman–Crippen LogP) is 5.71. The monoisotopic (exact) mass is 465 g/mol. The summed E-state index contributed by atoms with van der Waals surface area (Å²) in [6, 6.07) is 23.9. The Morgan fingerprint density at radius 1 is 0.818 bits per heavy atom. The third-order valence-electron chi connectivity index (χ3n) is 5.84. The van der Waals surface area contributed by atoms with Crippen LogP contribution in [0, 0.1) is 5.92 Å². The molecule has 0 saturated carbocycles. The third kappa shape index (κ3) is 7.46. The minimum Gasteiger partial charge on any atom is -0.481 e. The molecule has 174 valence electrons. The summed E-state index contributed by atoms with van der Waals surface area (Å²) >= 11 is 0. The van der Waals surface area contributed by atoms with Crippen molar-refractivity contribution >= 4 is 21.7 Å². The summed E-state index contributed by atoms with van der Waals surface area (Å²) in [5.74, 6) is -1.14. The summed E-state index contributed by atoms with van der Waals surface area (Å²) < 4.78 is 27.6. The van der Waals surface area contributed by atoms with Gasteiger partial charge >= 0.3 is 5.97 Å². The number of sulfonamides is 1. The van der Waals surface area contributed by atoms with Gasteiger partial charge in [0, 0.05) is 5.69 Å². The lowest BCUT2D eigenvalue weighted by molar-refractivity contribution is -0.142. The average Bonchev–Trinajstić information content (AvgIpc) is 2.82. The van der Waals surface area contributed by atoms with Gasteiger partial charge in [-0.3, -0.25) is 9.52 Å². The molecule has 0 amide bonds. The van der Waals surface area contributed by atoms with Crippen molar-refractivity contribution in [1.29, 1.82) is 0 Å². The number of nitrogens with one attached hydrogen (secondary N) is 1. The first kappa shape index (κ1) is 24.5. The van der Waals surface area contributed by atoms with Gasteiger partial charge in [-0.15, -0.1) is 0 Å². The first-order valence-corrected chi connectivity index (χ1v) is 12.8. The van der Waals surface area contributed by atoms with Crippen LogP contribution in [0.3, 0.4) is 0 Å². The summed E-state index contributed by atoms with van der Waals surface area (Å²) in [6.07, 6.45) is 4.40. The molecule has 6 heteroatoms. The molecule has 1 atom stereocenters. The van der Waals surface area contributed by atoms with Gasteiger partial charge < -0.3 is 5.11 Å². The van der Waals surface area contributed by atoms with E-state index in [1.807, 2.05) is 6.07 Å². The molecule has 0 saturated heterocycles. The highest BCUT2D eigenvalue weighted by Gasteiger charge is 2.17. The van der Waals surface area contributed by atoms with Crippen LogP contribution >= 0.6 is 0 Å². The number of anilines is 1. The molecule has 2 N–H and O–H groups in total. The van der Waals surface area contributed by atoms with Gasteiger partial charge in [0.1, 0.15) is 0 Å². The second-order valence-electron chi connectivity index (χ2n) is 8.25. The Bertz CT molecular complexity index is 1130. The van der Waals surface area contributed by atoms with E-state index in [2.05, 4.69) is 35.9 Å². The fourth-order valence-corrected chi connectivity index (χ4v) is 4.84. The summed E-state index contributed by atoms with van der Waals surface area (Å²) in [5, 5.41) is 9.60. The Hall–Kier alpha value is -3.12. The van der Waals surface area contributed by atoms with Crippen molar-refractivity contribution in [3.8, 4) is 0 Å². The molecule has 1 unspecified atom stereocenters. The number of hydrogen-bond acceptors (Lipinski definition) is 3. The summed E-state index contributed by atoms with van der Waals surface area (Å²) in [7, 11) is -3.64. The number of para-hydroxylation sites is 1. The zero-order chi connectivity index (χ0) is 23.7. The lowest BCUT2D eigenvalue weighted by Gasteiger charge is -2.13. The minimum absolute atomic E-state index is 0.201. The number of carboxylic acids is 1. The Morgan fingerprint density at radius 2 is 1.39 bits per heavy atom. The molecule has 0 spiro atoms. The molecule has 3 aromatic carbocycles. The van der Waals surface area contributed by atoms with E-state index in [9.17, 15) is 18.3 Å². The summed E-state index contributed by atoms with van der Waals surface area (Å²) in [4.78, 5) is 11.9. The number of carboxylic acid groups (broad SMARTS) is 1. The molecule has 0 aliphatic rings. The highest BCUT2D eigenvalue weighted by molar-refractivity contribution is 7.92. The van der Waals surface area contributed by atoms with E-state index >= 15 is 0 Å². The van der Waals surface area contributed by atoms with E-state index in [0.717, 1.165) is 24.8 Å². The van der Waals surface area contributed by atoms with Crippen LogP contribution in [-0.4, -0.2) is 19.5 Å². The molecule has 0 radical (unpaired) electrons. The van der Waals surface area contributed by atoms with Gasteiger partial charge in [0.2, 0.25) is 0 Å². The van der Waals surface area contributed by atoms with Crippen molar-refractivity contribution < 1.29 is 18.3 Å². The highest BCUT2D eigenvalue weighted by atomic mass is 32.2. The lowest BCUT2D eigenvalue weighted by Crippen LogP contribution is -2.15. The first-order valence-electron chi connectivity index (χ1n) is 11.3. The van der Waals surface area contributed by atoms with Crippen LogP contribution in [0.5, 0.6) is 0 Å². The molecule has 0 aromatic heterocycles. The van der Waals surface area contributed by atoms with Gasteiger partial charge in [-0.05, 0) is 79.5 Å². The average molecular weight is 466 g/mol. The molecule has 0 aliphatic carbocycles. The van der Waals surface area contributed by atoms with E-state index < -0.39 is 16.0 Å². The Balaban J connectivity index is 1.50. The number of aliphatic carboxylic acids is 1. The molecule has 0 aliphatic heterocycles. The standard InChI is InChI=1S/C27H31NO4S/c1-2-21-11-13-23(14-12-21)15-18-24(27(29)30)8-6-7-22-16-19-26(20-17-22)33(31,32)28-25-9-4-3-5-10-25/h3-5,9-14,16-17,19-20,24,28H,2,6-8,15,18H2,1H3,(H,29,30). The fraction of sp³-hybridized carbons (Fsp3) is 0.296. The van der Waals surface area contributed by atoms with Gasteiger partial charge in [0.25, 0.3) is 10.0 Å². The molecular weight excluding hydrogens is 434 g/mol.